The molecule has 0 saturated carbocycles. The molecule has 0 radical (unpaired) electrons. The smallest absolute Gasteiger partial charge is 0.222 e. The van der Waals surface area contributed by atoms with Gasteiger partial charge in [-0.25, -0.2) is 0 Å². The van der Waals surface area contributed by atoms with Gasteiger partial charge < -0.3 is 15.0 Å². The number of methoxy groups -OCH3 is 1. The molecule has 142 valence electrons. The van der Waals surface area contributed by atoms with Gasteiger partial charge in [0.15, 0.2) is 11.0 Å². The Morgan fingerprint density at radius 3 is 2.77 bits per heavy atom. The van der Waals surface area contributed by atoms with Crippen LogP contribution in [-0.4, -0.2) is 59.1 Å². The Balaban J connectivity index is 2.29. The number of hydrogen-bond donors (Lipinski definition) is 1. The van der Waals surface area contributed by atoms with Crippen LogP contribution in [0.15, 0.2) is 29.4 Å². The van der Waals surface area contributed by atoms with E-state index in [1.807, 2.05) is 56.8 Å². The monoisotopic (exact) mass is 377 g/mol. The first-order chi connectivity index (χ1) is 12.4. The molecule has 0 aliphatic carbocycles. The van der Waals surface area contributed by atoms with Gasteiger partial charge in [0.1, 0.15) is 5.75 Å². The Bertz CT molecular complexity index is 730. The summed E-state index contributed by atoms with van der Waals surface area (Å²) in [7, 11) is 5.72. The average molecular weight is 378 g/mol. The topological polar surface area (TPSA) is 72.3 Å². The minimum atomic E-state index is -0.0721. The number of nitrogens with one attached hydrogen (secondary N) is 1. The molecule has 2 rings (SSSR count). The zero-order valence-electron chi connectivity index (χ0n) is 16.0. The molecule has 1 heterocycles. The van der Waals surface area contributed by atoms with Gasteiger partial charge >= 0.3 is 0 Å². The van der Waals surface area contributed by atoms with Crippen LogP contribution in [0.25, 0.3) is 5.69 Å². The third-order valence-electron chi connectivity index (χ3n) is 3.73. The molecular weight excluding hydrogens is 350 g/mol. The fourth-order valence-electron chi connectivity index (χ4n) is 2.21. The molecule has 0 aliphatic rings. The molecular formula is C18H27N5O2S. The maximum absolute atomic E-state index is 11.9. The molecule has 2 aromatic rings. The van der Waals surface area contributed by atoms with Crippen molar-refractivity contribution in [2.75, 3.05) is 33.5 Å². The average Bonchev–Trinajstić information content (AvgIpc) is 3.02. The number of aromatic nitrogens is 3. The van der Waals surface area contributed by atoms with Crippen LogP contribution >= 0.6 is 11.8 Å². The molecule has 0 unspecified atom stereocenters. The first-order valence-corrected chi connectivity index (χ1v) is 9.55. The Labute approximate surface area is 159 Å². The summed E-state index contributed by atoms with van der Waals surface area (Å²) in [6, 6.07) is 7.74. The van der Waals surface area contributed by atoms with Crippen molar-refractivity contribution in [3.63, 3.8) is 0 Å². The van der Waals surface area contributed by atoms with E-state index in [-0.39, 0.29) is 11.8 Å². The van der Waals surface area contributed by atoms with Gasteiger partial charge in [-0.3, -0.25) is 9.36 Å². The number of rotatable bonds is 9. The standard InChI is InChI=1S/C18H27N5O2S/c1-13(2)17(24)19-12-16-20-21-18(26-10-9-22(3)4)23(16)14-7-6-8-15(11-14)25-5/h6-8,11,13H,9-10,12H2,1-5H3,(H,19,24). The second kappa shape index (κ2) is 9.59. The van der Waals surface area contributed by atoms with Gasteiger partial charge in [0, 0.05) is 24.3 Å². The molecule has 1 aromatic carbocycles. The van der Waals surface area contributed by atoms with Gasteiger partial charge in [0.25, 0.3) is 0 Å². The molecule has 0 fully saturated rings. The molecule has 1 amide bonds. The summed E-state index contributed by atoms with van der Waals surface area (Å²) in [4.78, 5) is 14.0. The summed E-state index contributed by atoms with van der Waals surface area (Å²) in [6.07, 6.45) is 0. The molecule has 0 atom stereocenters. The first-order valence-electron chi connectivity index (χ1n) is 8.56. The molecule has 1 N–H and O–H groups in total. The van der Waals surface area contributed by atoms with Gasteiger partial charge in [-0.1, -0.05) is 31.7 Å². The highest BCUT2D eigenvalue weighted by atomic mass is 32.2. The maximum atomic E-state index is 11.9. The minimum absolute atomic E-state index is 0.00740. The Morgan fingerprint density at radius 2 is 2.12 bits per heavy atom. The van der Waals surface area contributed by atoms with Crippen molar-refractivity contribution in [3.8, 4) is 11.4 Å². The second-order valence-corrected chi connectivity index (χ2v) is 7.52. The quantitative estimate of drug-likeness (QED) is 0.676. The van der Waals surface area contributed by atoms with Crippen molar-refractivity contribution >= 4 is 17.7 Å². The van der Waals surface area contributed by atoms with Crippen molar-refractivity contribution in [1.82, 2.24) is 25.0 Å². The van der Waals surface area contributed by atoms with Gasteiger partial charge in [-0.2, -0.15) is 0 Å². The summed E-state index contributed by atoms with van der Waals surface area (Å²) >= 11 is 1.64. The van der Waals surface area contributed by atoms with E-state index in [1.54, 1.807) is 18.9 Å². The van der Waals surface area contributed by atoms with Crippen LogP contribution in [0.3, 0.4) is 0 Å². The fourth-order valence-corrected chi connectivity index (χ4v) is 3.28. The predicted octanol–water partition coefficient (Wildman–Crippen LogP) is 2.20. The summed E-state index contributed by atoms with van der Waals surface area (Å²) in [5, 5.41) is 12.3. The zero-order chi connectivity index (χ0) is 19.1. The Morgan fingerprint density at radius 1 is 1.35 bits per heavy atom. The lowest BCUT2D eigenvalue weighted by atomic mass is 10.2. The molecule has 0 saturated heterocycles. The van der Waals surface area contributed by atoms with E-state index in [4.69, 9.17) is 4.74 Å². The summed E-state index contributed by atoms with van der Waals surface area (Å²) in [5.41, 5.74) is 0.912. The van der Waals surface area contributed by atoms with Gasteiger partial charge in [0.2, 0.25) is 5.91 Å². The second-order valence-electron chi connectivity index (χ2n) is 6.46. The lowest BCUT2D eigenvalue weighted by Gasteiger charge is -2.13. The molecule has 26 heavy (non-hydrogen) atoms. The van der Waals surface area contributed by atoms with Gasteiger partial charge in [-0.15, -0.1) is 10.2 Å². The van der Waals surface area contributed by atoms with E-state index in [0.717, 1.165) is 28.9 Å². The van der Waals surface area contributed by atoms with Crippen LogP contribution in [0.4, 0.5) is 0 Å². The number of nitrogens with zero attached hydrogens (tertiary/aromatic N) is 4. The van der Waals surface area contributed by atoms with E-state index < -0.39 is 0 Å². The number of carbonyl (C=O) groups is 1. The van der Waals surface area contributed by atoms with Crippen molar-refractivity contribution in [1.29, 1.82) is 0 Å². The third-order valence-corrected chi connectivity index (χ3v) is 4.64. The van der Waals surface area contributed by atoms with Crippen LogP contribution in [0, 0.1) is 5.92 Å². The third kappa shape index (κ3) is 5.47. The van der Waals surface area contributed by atoms with Crippen LogP contribution < -0.4 is 10.1 Å². The number of carbonyl (C=O) groups excluding carboxylic acids is 1. The maximum Gasteiger partial charge on any atom is 0.222 e. The number of benzene rings is 1. The Hall–Kier alpha value is -2.06. The molecule has 0 bridgehead atoms. The van der Waals surface area contributed by atoms with Crippen LogP contribution in [0.5, 0.6) is 5.75 Å². The van der Waals surface area contributed by atoms with Crippen molar-refractivity contribution < 1.29 is 9.53 Å². The largest absolute Gasteiger partial charge is 0.497 e. The molecule has 7 nitrogen and oxygen atoms in total. The van der Waals surface area contributed by atoms with E-state index >= 15 is 0 Å². The van der Waals surface area contributed by atoms with Crippen LogP contribution in [-0.2, 0) is 11.3 Å². The summed E-state index contributed by atoms with van der Waals surface area (Å²) in [5.74, 6) is 2.27. The Kier molecular flexibility index (Phi) is 7.47. The minimum Gasteiger partial charge on any atom is -0.497 e. The summed E-state index contributed by atoms with van der Waals surface area (Å²) < 4.78 is 7.31. The van der Waals surface area contributed by atoms with Crippen LogP contribution in [0.2, 0.25) is 0 Å². The molecule has 0 spiro atoms. The number of hydrogen-bond acceptors (Lipinski definition) is 6. The van der Waals surface area contributed by atoms with E-state index in [1.165, 1.54) is 0 Å². The highest BCUT2D eigenvalue weighted by Gasteiger charge is 2.16. The zero-order valence-corrected chi connectivity index (χ0v) is 16.8. The molecule has 1 aromatic heterocycles. The van der Waals surface area contributed by atoms with Crippen LogP contribution in [0.1, 0.15) is 19.7 Å². The summed E-state index contributed by atoms with van der Waals surface area (Å²) in [6.45, 7) is 5.00. The SMILES string of the molecule is COc1cccc(-n2c(CNC(=O)C(C)C)nnc2SCCN(C)C)c1. The van der Waals surface area contributed by atoms with E-state index in [2.05, 4.69) is 20.4 Å². The van der Waals surface area contributed by atoms with Gasteiger partial charge in [0.05, 0.1) is 19.3 Å². The molecule has 0 aliphatic heterocycles. The molecule has 8 heteroatoms. The van der Waals surface area contributed by atoms with Crippen molar-refractivity contribution in [2.24, 2.45) is 5.92 Å². The predicted molar refractivity (Wildman–Crippen MR) is 104 cm³/mol. The number of ether oxygens (including phenoxy) is 1. The highest BCUT2D eigenvalue weighted by Crippen LogP contribution is 2.24. The van der Waals surface area contributed by atoms with E-state index in [9.17, 15) is 4.79 Å². The first kappa shape index (κ1) is 20.3. The van der Waals surface area contributed by atoms with Gasteiger partial charge in [-0.05, 0) is 26.2 Å². The number of thioether (sulfide) groups is 1. The van der Waals surface area contributed by atoms with Crippen molar-refractivity contribution in [3.05, 3.63) is 30.1 Å². The van der Waals surface area contributed by atoms with E-state index in [0.29, 0.717) is 12.4 Å². The fraction of sp³-hybridized carbons (Fsp3) is 0.500. The van der Waals surface area contributed by atoms with Crippen molar-refractivity contribution in [2.45, 2.75) is 25.5 Å². The lowest BCUT2D eigenvalue weighted by molar-refractivity contribution is -0.124. The normalized spacial score (nSPS) is 11.2. The number of amides is 1. The lowest BCUT2D eigenvalue weighted by Crippen LogP contribution is -2.28. The highest BCUT2D eigenvalue weighted by molar-refractivity contribution is 7.99.